The Balaban J connectivity index is 2.94. The zero-order chi connectivity index (χ0) is 11.4. The molecule has 0 bridgehead atoms. The lowest BCUT2D eigenvalue weighted by Gasteiger charge is -2.08. The first-order chi connectivity index (χ1) is 7.02. The number of para-hydroxylation sites is 1. The Kier molecular flexibility index (Phi) is 3.41. The van der Waals surface area contributed by atoms with Crippen LogP contribution >= 0.6 is 0 Å². The Hall–Kier alpha value is -1.88. The molecule has 15 heavy (non-hydrogen) atoms. The molecular weight excluding hydrogens is 200 g/mol. The van der Waals surface area contributed by atoms with E-state index in [-0.39, 0.29) is 11.3 Å². The fraction of sp³-hybridized carbons (Fsp3) is 0.200. The molecule has 2 N–H and O–H groups in total. The van der Waals surface area contributed by atoms with Crippen LogP contribution in [0.25, 0.3) is 0 Å². The molecule has 80 valence electrons. The Bertz CT molecular complexity index is 383. The lowest BCUT2D eigenvalue weighted by molar-refractivity contribution is -0.142. The number of benzene rings is 1. The molecule has 1 aromatic rings. The van der Waals surface area contributed by atoms with Gasteiger partial charge in [-0.3, -0.25) is 0 Å². The van der Waals surface area contributed by atoms with Gasteiger partial charge in [-0.15, -0.1) is 0 Å². The van der Waals surface area contributed by atoms with Crippen LogP contribution in [0.3, 0.4) is 0 Å². The summed E-state index contributed by atoms with van der Waals surface area (Å²) >= 11 is 0. The highest BCUT2D eigenvalue weighted by atomic mass is 16.5. The number of hydrogen-bond donors (Lipinski definition) is 2. The number of carbonyl (C=O) groups excluding carboxylic acids is 1. The molecule has 0 saturated heterocycles. The lowest BCUT2D eigenvalue weighted by atomic mass is 10.2. The normalized spacial score (nSPS) is 11.9. The van der Waals surface area contributed by atoms with Crippen molar-refractivity contribution in [2.45, 2.75) is 13.0 Å². The second-order valence-corrected chi connectivity index (χ2v) is 2.90. The highest BCUT2D eigenvalue weighted by molar-refractivity contribution is 5.92. The minimum atomic E-state index is -1.29. The molecule has 0 radical (unpaired) electrons. The number of hydrogen-bond acceptors (Lipinski definition) is 4. The number of carboxylic acid groups (broad SMARTS) is 1. The maximum Gasteiger partial charge on any atom is 0.340 e. The van der Waals surface area contributed by atoms with E-state index in [2.05, 4.69) is 0 Å². The summed E-state index contributed by atoms with van der Waals surface area (Å²) in [6, 6.07) is 5.72. The molecule has 5 nitrogen and oxygen atoms in total. The van der Waals surface area contributed by atoms with Crippen LogP contribution in [-0.4, -0.2) is 28.3 Å². The minimum absolute atomic E-state index is 0.0732. The van der Waals surface area contributed by atoms with Crippen molar-refractivity contribution in [3.63, 3.8) is 0 Å². The number of aliphatic hydroxyl groups is 1. The van der Waals surface area contributed by atoms with Gasteiger partial charge in [0.2, 0.25) is 0 Å². The van der Waals surface area contributed by atoms with E-state index < -0.39 is 18.0 Å². The van der Waals surface area contributed by atoms with Crippen molar-refractivity contribution < 1.29 is 24.5 Å². The summed E-state index contributed by atoms with van der Waals surface area (Å²) in [5.41, 5.74) is -0.119. The van der Waals surface area contributed by atoms with Crippen LogP contribution in [0.5, 0.6) is 5.75 Å². The monoisotopic (exact) mass is 210 g/mol. The van der Waals surface area contributed by atoms with Gasteiger partial charge in [0.05, 0.1) is 0 Å². The van der Waals surface area contributed by atoms with Gasteiger partial charge in [0.1, 0.15) is 17.4 Å². The van der Waals surface area contributed by atoms with Gasteiger partial charge in [-0.2, -0.15) is 0 Å². The van der Waals surface area contributed by atoms with Crippen LogP contribution in [0.15, 0.2) is 24.3 Å². The molecule has 1 atom stereocenters. The molecule has 0 heterocycles. The summed E-state index contributed by atoms with van der Waals surface area (Å²) in [7, 11) is 0. The van der Waals surface area contributed by atoms with E-state index in [1.165, 1.54) is 31.2 Å². The predicted molar refractivity (Wildman–Crippen MR) is 50.7 cm³/mol. The highest BCUT2D eigenvalue weighted by Gasteiger charge is 2.16. The van der Waals surface area contributed by atoms with E-state index in [1.807, 2.05) is 0 Å². The molecule has 0 saturated carbocycles. The van der Waals surface area contributed by atoms with Crippen molar-refractivity contribution in [3.8, 4) is 5.75 Å². The van der Waals surface area contributed by atoms with Gasteiger partial charge < -0.3 is 14.9 Å². The van der Waals surface area contributed by atoms with E-state index in [9.17, 15) is 9.59 Å². The molecule has 5 heteroatoms. The Morgan fingerprint density at radius 1 is 1.33 bits per heavy atom. The summed E-state index contributed by atoms with van der Waals surface area (Å²) in [6.45, 7) is 1.24. The standard InChI is InChI=1S/C10H10O5/c1-6(11)10(14)15-8-5-3-2-4-7(8)9(12)13/h2-6,11H,1H3,(H,12,13). The first kappa shape index (κ1) is 11.2. The van der Waals surface area contributed by atoms with Gasteiger partial charge in [-0.1, -0.05) is 12.1 Å². The molecule has 0 aliphatic carbocycles. The van der Waals surface area contributed by atoms with E-state index in [0.29, 0.717) is 0 Å². The van der Waals surface area contributed by atoms with Gasteiger partial charge in [0.25, 0.3) is 0 Å². The third kappa shape index (κ3) is 2.78. The van der Waals surface area contributed by atoms with Crippen LogP contribution in [0.4, 0.5) is 0 Å². The van der Waals surface area contributed by atoms with Crippen LogP contribution < -0.4 is 4.74 Å². The molecule has 0 aliphatic heterocycles. The zero-order valence-electron chi connectivity index (χ0n) is 8.01. The number of aliphatic hydroxyl groups excluding tert-OH is 1. The van der Waals surface area contributed by atoms with Crippen molar-refractivity contribution >= 4 is 11.9 Å². The molecule has 0 amide bonds. The summed E-state index contributed by atoms with van der Waals surface area (Å²) in [6.07, 6.45) is -1.29. The Labute approximate surface area is 85.9 Å². The van der Waals surface area contributed by atoms with Gasteiger partial charge in [0, 0.05) is 0 Å². The van der Waals surface area contributed by atoms with Crippen LogP contribution in [-0.2, 0) is 4.79 Å². The number of ether oxygens (including phenoxy) is 1. The number of carbonyl (C=O) groups is 2. The van der Waals surface area contributed by atoms with Gasteiger partial charge in [-0.25, -0.2) is 9.59 Å². The van der Waals surface area contributed by atoms with Gasteiger partial charge in [0.15, 0.2) is 0 Å². The number of aromatic carboxylic acids is 1. The Morgan fingerprint density at radius 3 is 2.47 bits per heavy atom. The summed E-state index contributed by atoms with van der Waals surface area (Å²) in [5, 5.41) is 17.7. The fourth-order valence-corrected chi connectivity index (χ4v) is 0.926. The molecule has 1 aromatic carbocycles. The van der Waals surface area contributed by atoms with E-state index in [1.54, 1.807) is 0 Å². The second kappa shape index (κ2) is 4.56. The third-order valence-corrected chi connectivity index (χ3v) is 1.67. The van der Waals surface area contributed by atoms with E-state index >= 15 is 0 Å². The number of esters is 1. The van der Waals surface area contributed by atoms with Crippen LogP contribution in [0.1, 0.15) is 17.3 Å². The zero-order valence-corrected chi connectivity index (χ0v) is 8.01. The van der Waals surface area contributed by atoms with Crippen molar-refractivity contribution in [3.05, 3.63) is 29.8 Å². The first-order valence-electron chi connectivity index (χ1n) is 4.24. The third-order valence-electron chi connectivity index (χ3n) is 1.67. The smallest absolute Gasteiger partial charge is 0.340 e. The first-order valence-corrected chi connectivity index (χ1v) is 4.24. The molecule has 0 fully saturated rings. The number of carboxylic acids is 1. The SMILES string of the molecule is CC(O)C(=O)Oc1ccccc1C(=O)O. The minimum Gasteiger partial charge on any atom is -0.478 e. The summed E-state index contributed by atoms with van der Waals surface area (Å²) in [5.74, 6) is -2.15. The van der Waals surface area contributed by atoms with E-state index in [4.69, 9.17) is 14.9 Å². The molecule has 1 unspecified atom stereocenters. The second-order valence-electron chi connectivity index (χ2n) is 2.90. The quantitative estimate of drug-likeness (QED) is 0.565. The maximum atomic E-state index is 11.0. The summed E-state index contributed by atoms with van der Waals surface area (Å²) < 4.78 is 4.70. The topological polar surface area (TPSA) is 83.8 Å². The lowest BCUT2D eigenvalue weighted by Crippen LogP contribution is -2.23. The van der Waals surface area contributed by atoms with Crippen LogP contribution in [0, 0.1) is 0 Å². The Morgan fingerprint density at radius 2 is 1.93 bits per heavy atom. The molecular formula is C10H10O5. The average molecular weight is 210 g/mol. The molecule has 0 aromatic heterocycles. The van der Waals surface area contributed by atoms with E-state index in [0.717, 1.165) is 0 Å². The van der Waals surface area contributed by atoms with Crippen molar-refractivity contribution in [2.24, 2.45) is 0 Å². The maximum absolute atomic E-state index is 11.0. The predicted octanol–water partition coefficient (Wildman–Crippen LogP) is 0.671. The van der Waals surface area contributed by atoms with Gasteiger partial charge in [-0.05, 0) is 19.1 Å². The van der Waals surface area contributed by atoms with Crippen molar-refractivity contribution in [2.75, 3.05) is 0 Å². The fourth-order valence-electron chi connectivity index (χ4n) is 0.926. The number of rotatable bonds is 3. The largest absolute Gasteiger partial charge is 0.478 e. The molecule has 1 rings (SSSR count). The highest BCUT2D eigenvalue weighted by Crippen LogP contribution is 2.18. The molecule has 0 aliphatic rings. The van der Waals surface area contributed by atoms with Crippen LogP contribution in [0.2, 0.25) is 0 Å². The summed E-state index contributed by atoms with van der Waals surface area (Å²) in [4.78, 5) is 21.7. The average Bonchev–Trinajstić information content (AvgIpc) is 2.18. The molecule has 0 spiro atoms. The van der Waals surface area contributed by atoms with Gasteiger partial charge >= 0.3 is 11.9 Å². The van der Waals surface area contributed by atoms with Crippen molar-refractivity contribution in [1.29, 1.82) is 0 Å². The van der Waals surface area contributed by atoms with Crippen molar-refractivity contribution in [1.82, 2.24) is 0 Å².